The van der Waals surface area contributed by atoms with Crippen LogP contribution in [0.4, 0.5) is 0 Å². The van der Waals surface area contributed by atoms with Crippen LogP contribution in [0.3, 0.4) is 0 Å². The van der Waals surface area contributed by atoms with Crippen molar-refractivity contribution in [3.63, 3.8) is 0 Å². The molecule has 3 rings (SSSR count). The lowest BCUT2D eigenvalue weighted by Gasteiger charge is -2.22. The lowest BCUT2D eigenvalue weighted by Crippen LogP contribution is -2.37. The fraction of sp³-hybridized carbons (Fsp3) is 0.357. The maximum absolute atomic E-state index is 12.3. The van der Waals surface area contributed by atoms with Crippen molar-refractivity contribution in [3.8, 4) is 5.75 Å². The maximum Gasteiger partial charge on any atom is 0.254 e. The van der Waals surface area contributed by atoms with E-state index in [-0.39, 0.29) is 23.6 Å². The molecule has 6 heteroatoms. The van der Waals surface area contributed by atoms with Crippen molar-refractivity contribution in [3.05, 3.63) is 77.4 Å². The summed E-state index contributed by atoms with van der Waals surface area (Å²) in [4.78, 5) is 16.5. The van der Waals surface area contributed by atoms with E-state index >= 15 is 0 Å². The van der Waals surface area contributed by atoms with Crippen molar-refractivity contribution in [1.82, 2.24) is 15.2 Å². The fourth-order valence-corrected chi connectivity index (χ4v) is 3.79. The number of fused-ring (bicyclic) bond motifs is 1. The molecule has 0 saturated heterocycles. The van der Waals surface area contributed by atoms with Gasteiger partial charge in [0.1, 0.15) is 5.75 Å². The van der Waals surface area contributed by atoms with Gasteiger partial charge in [0.15, 0.2) is 0 Å². The Morgan fingerprint density at radius 3 is 2.35 bits per heavy atom. The summed E-state index contributed by atoms with van der Waals surface area (Å²) in [5.74, 6) is -0.0659. The summed E-state index contributed by atoms with van der Waals surface area (Å²) in [5, 5.41) is 16.1. The first-order valence-corrected chi connectivity index (χ1v) is 11.6. The SMILES string of the molecule is CN(CCN(C)Cc1ccc(C(C)(C)C)cc1)CC(=O)N/N=C/c1c(O)ccc2ccccc12. The molecule has 0 atom stereocenters. The topological polar surface area (TPSA) is 68.2 Å². The zero-order valence-electron chi connectivity index (χ0n) is 20.9. The summed E-state index contributed by atoms with van der Waals surface area (Å²) in [6, 6.07) is 20.0. The first-order valence-electron chi connectivity index (χ1n) is 11.6. The van der Waals surface area contributed by atoms with E-state index in [1.165, 1.54) is 17.3 Å². The molecule has 3 aromatic rings. The average molecular weight is 461 g/mol. The van der Waals surface area contributed by atoms with Crippen LogP contribution in [0.2, 0.25) is 0 Å². The van der Waals surface area contributed by atoms with Gasteiger partial charge >= 0.3 is 0 Å². The van der Waals surface area contributed by atoms with Gasteiger partial charge in [0.05, 0.1) is 12.8 Å². The van der Waals surface area contributed by atoms with Crippen LogP contribution in [0.25, 0.3) is 10.8 Å². The van der Waals surface area contributed by atoms with Gasteiger partial charge in [0.2, 0.25) is 0 Å². The third-order valence-corrected chi connectivity index (χ3v) is 5.88. The quantitative estimate of drug-likeness (QED) is 0.368. The molecular formula is C28H36N4O2. The number of nitrogens with one attached hydrogen (secondary N) is 1. The van der Waals surface area contributed by atoms with E-state index in [2.05, 4.69) is 67.5 Å². The minimum absolute atomic E-state index is 0.130. The van der Waals surface area contributed by atoms with Crippen LogP contribution in [-0.2, 0) is 16.8 Å². The number of phenolic OH excluding ortho intramolecular Hbond substituents is 1. The van der Waals surface area contributed by atoms with Crippen LogP contribution in [0.5, 0.6) is 5.75 Å². The highest BCUT2D eigenvalue weighted by Gasteiger charge is 2.13. The highest BCUT2D eigenvalue weighted by molar-refractivity contribution is 6.02. The van der Waals surface area contributed by atoms with Gasteiger partial charge in [0.25, 0.3) is 5.91 Å². The van der Waals surface area contributed by atoms with Gasteiger partial charge in [0, 0.05) is 25.2 Å². The van der Waals surface area contributed by atoms with E-state index in [0.717, 1.165) is 30.4 Å². The van der Waals surface area contributed by atoms with Gasteiger partial charge in [-0.15, -0.1) is 0 Å². The van der Waals surface area contributed by atoms with Gasteiger partial charge in [-0.25, -0.2) is 5.43 Å². The number of amides is 1. The molecule has 0 saturated carbocycles. The van der Waals surface area contributed by atoms with E-state index in [9.17, 15) is 9.90 Å². The van der Waals surface area contributed by atoms with Crippen molar-refractivity contribution in [2.75, 3.05) is 33.7 Å². The van der Waals surface area contributed by atoms with Crippen LogP contribution < -0.4 is 5.43 Å². The molecule has 0 aliphatic rings. The molecule has 0 unspecified atom stereocenters. The summed E-state index contributed by atoms with van der Waals surface area (Å²) in [6.07, 6.45) is 1.49. The molecule has 2 N–H and O–H groups in total. The van der Waals surface area contributed by atoms with Crippen molar-refractivity contribution < 1.29 is 9.90 Å². The standard InChI is InChI=1S/C28H36N4O2/c1-28(2,3)23-13-10-21(11-14-23)19-31(4)16-17-32(5)20-27(34)30-29-18-25-24-9-7-6-8-22(24)12-15-26(25)33/h6-15,18,33H,16-17,19-20H2,1-5H3,(H,30,34)/b29-18+. The Morgan fingerprint density at radius 2 is 1.65 bits per heavy atom. The van der Waals surface area contributed by atoms with E-state index in [1.54, 1.807) is 6.07 Å². The normalized spacial score (nSPS) is 12.2. The molecule has 0 aromatic heterocycles. The van der Waals surface area contributed by atoms with E-state index in [0.29, 0.717) is 5.56 Å². The predicted molar refractivity (Wildman–Crippen MR) is 140 cm³/mol. The Morgan fingerprint density at radius 1 is 0.971 bits per heavy atom. The van der Waals surface area contributed by atoms with Gasteiger partial charge < -0.3 is 10.0 Å². The number of carbonyl (C=O) groups excluding carboxylic acids is 1. The number of phenols is 1. The summed E-state index contributed by atoms with van der Waals surface area (Å²) in [7, 11) is 4.01. The number of hydrazone groups is 1. The lowest BCUT2D eigenvalue weighted by molar-refractivity contribution is -0.121. The fourth-order valence-electron chi connectivity index (χ4n) is 3.79. The summed E-state index contributed by atoms with van der Waals surface area (Å²) in [5.41, 5.74) is 5.93. The monoisotopic (exact) mass is 460 g/mol. The number of carbonyl (C=O) groups is 1. The molecule has 0 bridgehead atoms. The molecule has 0 heterocycles. The summed E-state index contributed by atoms with van der Waals surface area (Å²) in [6.45, 7) is 9.38. The number of hydrogen-bond acceptors (Lipinski definition) is 5. The van der Waals surface area contributed by atoms with Crippen molar-refractivity contribution in [2.24, 2.45) is 5.10 Å². The van der Waals surface area contributed by atoms with E-state index in [1.807, 2.05) is 42.3 Å². The molecule has 34 heavy (non-hydrogen) atoms. The van der Waals surface area contributed by atoms with Gasteiger partial charge in [-0.2, -0.15) is 5.10 Å². The molecule has 0 radical (unpaired) electrons. The van der Waals surface area contributed by atoms with Crippen molar-refractivity contribution in [1.29, 1.82) is 0 Å². The Kier molecular flexibility index (Phi) is 8.42. The molecule has 1 amide bonds. The smallest absolute Gasteiger partial charge is 0.254 e. The van der Waals surface area contributed by atoms with Gasteiger partial charge in [-0.3, -0.25) is 9.69 Å². The average Bonchev–Trinajstić information content (AvgIpc) is 2.79. The van der Waals surface area contributed by atoms with Crippen LogP contribution in [0, 0.1) is 0 Å². The molecule has 0 fully saturated rings. The van der Waals surface area contributed by atoms with Crippen LogP contribution in [0.15, 0.2) is 65.8 Å². The number of benzene rings is 3. The molecule has 180 valence electrons. The lowest BCUT2D eigenvalue weighted by atomic mass is 9.87. The van der Waals surface area contributed by atoms with Crippen LogP contribution in [-0.4, -0.2) is 60.8 Å². The maximum atomic E-state index is 12.3. The number of aromatic hydroxyl groups is 1. The zero-order valence-corrected chi connectivity index (χ0v) is 20.9. The number of hydrogen-bond donors (Lipinski definition) is 2. The van der Waals surface area contributed by atoms with Gasteiger partial charge in [-0.1, -0.05) is 75.4 Å². The van der Waals surface area contributed by atoms with E-state index in [4.69, 9.17) is 0 Å². The van der Waals surface area contributed by atoms with Crippen LogP contribution >= 0.6 is 0 Å². The Labute approximate surface area is 202 Å². The number of nitrogens with zero attached hydrogens (tertiary/aromatic N) is 3. The molecule has 0 aliphatic carbocycles. The first-order chi connectivity index (χ1) is 16.1. The third-order valence-electron chi connectivity index (χ3n) is 5.88. The van der Waals surface area contributed by atoms with Crippen molar-refractivity contribution >= 4 is 22.9 Å². The highest BCUT2D eigenvalue weighted by Crippen LogP contribution is 2.25. The largest absolute Gasteiger partial charge is 0.507 e. The second-order valence-electron chi connectivity index (χ2n) is 9.94. The van der Waals surface area contributed by atoms with Crippen LogP contribution in [0.1, 0.15) is 37.5 Å². The minimum Gasteiger partial charge on any atom is -0.507 e. The predicted octanol–water partition coefficient (Wildman–Crippen LogP) is 4.36. The molecule has 0 spiro atoms. The van der Waals surface area contributed by atoms with E-state index < -0.39 is 0 Å². The third kappa shape index (κ3) is 7.14. The summed E-state index contributed by atoms with van der Waals surface area (Å²) < 4.78 is 0. The Bertz CT molecular complexity index is 1130. The number of rotatable bonds is 9. The molecule has 0 aliphatic heterocycles. The summed E-state index contributed by atoms with van der Waals surface area (Å²) >= 11 is 0. The molecule has 6 nitrogen and oxygen atoms in total. The second-order valence-corrected chi connectivity index (χ2v) is 9.94. The van der Waals surface area contributed by atoms with Gasteiger partial charge in [-0.05, 0) is 47.5 Å². The zero-order chi connectivity index (χ0) is 24.7. The minimum atomic E-state index is -0.195. The first kappa shape index (κ1) is 25.4. The Hall–Kier alpha value is -3.22. The number of likely N-dealkylation sites (N-methyl/N-ethyl adjacent to an activating group) is 2. The molecule has 3 aromatic carbocycles. The highest BCUT2D eigenvalue weighted by atomic mass is 16.3. The van der Waals surface area contributed by atoms with Crippen molar-refractivity contribution in [2.45, 2.75) is 32.7 Å². The molecular weight excluding hydrogens is 424 g/mol. The Balaban J connectivity index is 1.44. The second kappa shape index (κ2) is 11.3.